The van der Waals surface area contributed by atoms with Crippen molar-refractivity contribution < 1.29 is 9.13 Å². The third-order valence-electron chi connectivity index (χ3n) is 4.67. The van der Waals surface area contributed by atoms with Gasteiger partial charge >= 0.3 is 0 Å². The van der Waals surface area contributed by atoms with Gasteiger partial charge < -0.3 is 9.30 Å². The number of nitrogens with zero attached hydrogens (tertiary/aromatic N) is 2. The lowest BCUT2D eigenvalue weighted by Gasteiger charge is -2.26. The van der Waals surface area contributed by atoms with Gasteiger partial charge in [-0.1, -0.05) is 25.5 Å². The summed E-state index contributed by atoms with van der Waals surface area (Å²) in [5, 5.41) is 0. The molecule has 3 nitrogen and oxygen atoms in total. The molecule has 0 saturated carbocycles. The normalized spacial score (nSPS) is 16.8. The van der Waals surface area contributed by atoms with Crippen LogP contribution >= 0.6 is 0 Å². The molecule has 4 heteroatoms. The highest BCUT2D eigenvalue weighted by atomic mass is 19.1. The Labute approximate surface area is 141 Å². The monoisotopic (exact) mass is 324 g/mol. The van der Waals surface area contributed by atoms with Gasteiger partial charge in [0.05, 0.1) is 11.0 Å². The van der Waals surface area contributed by atoms with Crippen molar-refractivity contribution in [3.05, 3.63) is 59.7 Å². The molecular formula is C20H21FN2O. The molecule has 0 aliphatic carbocycles. The first-order valence-corrected chi connectivity index (χ1v) is 8.66. The molecule has 1 unspecified atom stereocenters. The van der Waals surface area contributed by atoms with Gasteiger partial charge in [-0.05, 0) is 55.2 Å². The lowest BCUT2D eigenvalue weighted by molar-refractivity contribution is 0.162. The van der Waals surface area contributed by atoms with E-state index < -0.39 is 0 Å². The van der Waals surface area contributed by atoms with Gasteiger partial charge in [0.25, 0.3) is 0 Å². The van der Waals surface area contributed by atoms with Crippen molar-refractivity contribution in [2.75, 3.05) is 0 Å². The molecule has 124 valence electrons. The van der Waals surface area contributed by atoms with Crippen molar-refractivity contribution in [1.29, 1.82) is 0 Å². The number of para-hydroxylation sites is 2. The quantitative estimate of drug-likeness (QED) is 0.672. The molecule has 4 rings (SSSR count). The molecule has 0 amide bonds. The van der Waals surface area contributed by atoms with Crippen molar-refractivity contribution in [3.8, 4) is 5.75 Å². The molecule has 3 aromatic rings. The predicted octanol–water partition coefficient (Wildman–Crippen LogP) is 5.04. The maximum absolute atomic E-state index is 13.4. The minimum absolute atomic E-state index is 0.0767. The Morgan fingerprint density at radius 3 is 3.00 bits per heavy atom. The number of halogens is 1. The van der Waals surface area contributed by atoms with E-state index in [0.29, 0.717) is 0 Å². The van der Waals surface area contributed by atoms with Crippen LogP contribution in [-0.2, 0) is 13.0 Å². The summed E-state index contributed by atoms with van der Waals surface area (Å²) in [6, 6.07) is 13.0. The Morgan fingerprint density at radius 2 is 2.12 bits per heavy atom. The van der Waals surface area contributed by atoms with Gasteiger partial charge in [0, 0.05) is 6.54 Å². The predicted molar refractivity (Wildman–Crippen MR) is 92.7 cm³/mol. The number of imidazole rings is 1. The summed E-state index contributed by atoms with van der Waals surface area (Å²) in [4.78, 5) is 4.84. The molecule has 1 aromatic heterocycles. The first kappa shape index (κ1) is 15.2. The first-order chi connectivity index (χ1) is 11.8. The van der Waals surface area contributed by atoms with Crippen molar-refractivity contribution in [3.63, 3.8) is 0 Å². The summed E-state index contributed by atoms with van der Waals surface area (Å²) >= 11 is 0. The highest BCUT2D eigenvalue weighted by Gasteiger charge is 2.26. The smallest absolute Gasteiger partial charge is 0.157 e. The van der Waals surface area contributed by atoms with Crippen LogP contribution in [0.3, 0.4) is 0 Å². The molecule has 1 atom stereocenters. The molecule has 1 aliphatic heterocycles. The number of rotatable bonds is 4. The van der Waals surface area contributed by atoms with E-state index in [9.17, 15) is 4.39 Å². The van der Waals surface area contributed by atoms with Gasteiger partial charge in [-0.3, -0.25) is 0 Å². The van der Waals surface area contributed by atoms with Gasteiger partial charge in [-0.25, -0.2) is 9.37 Å². The third-order valence-corrected chi connectivity index (χ3v) is 4.67. The second-order valence-electron chi connectivity index (χ2n) is 6.36. The number of hydrogen-bond donors (Lipinski definition) is 0. The van der Waals surface area contributed by atoms with Crippen LogP contribution < -0.4 is 4.74 Å². The number of fused-ring (bicyclic) bond motifs is 2. The van der Waals surface area contributed by atoms with E-state index in [0.717, 1.165) is 60.4 Å². The molecule has 2 aromatic carbocycles. The second kappa shape index (κ2) is 6.27. The topological polar surface area (TPSA) is 27.1 Å². The van der Waals surface area contributed by atoms with Gasteiger partial charge in [-0.15, -0.1) is 0 Å². The van der Waals surface area contributed by atoms with E-state index in [4.69, 9.17) is 9.72 Å². The summed E-state index contributed by atoms with van der Waals surface area (Å²) in [6.45, 7) is 3.14. The van der Waals surface area contributed by atoms with E-state index in [2.05, 4.69) is 23.6 Å². The lowest BCUT2D eigenvalue weighted by Crippen LogP contribution is -2.19. The fourth-order valence-corrected chi connectivity index (χ4v) is 3.43. The van der Waals surface area contributed by atoms with Crippen LogP contribution in [0.1, 0.15) is 43.7 Å². The van der Waals surface area contributed by atoms with Crippen LogP contribution in [0.4, 0.5) is 4.39 Å². The summed E-state index contributed by atoms with van der Waals surface area (Å²) in [5.41, 5.74) is 3.12. The molecule has 1 aliphatic rings. The van der Waals surface area contributed by atoms with Crippen LogP contribution in [0, 0.1) is 5.82 Å². The number of unbranched alkanes of at least 4 members (excludes halogenated alkanes) is 1. The van der Waals surface area contributed by atoms with Crippen LogP contribution in [0.15, 0.2) is 42.5 Å². The number of hydrogen-bond acceptors (Lipinski definition) is 2. The summed E-state index contributed by atoms with van der Waals surface area (Å²) in [6.07, 6.45) is 3.81. The fraction of sp³-hybridized carbons (Fsp3) is 0.350. The largest absolute Gasteiger partial charge is 0.482 e. The van der Waals surface area contributed by atoms with Crippen molar-refractivity contribution in [2.24, 2.45) is 0 Å². The Balaban J connectivity index is 1.72. The molecule has 0 fully saturated rings. The number of benzene rings is 2. The maximum atomic E-state index is 13.4. The maximum Gasteiger partial charge on any atom is 0.157 e. The highest BCUT2D eigenvalue weighted by molar-refractivity contribution is 5.76. The van der Waals surface area contributed by atoms with Crippen LogP contribution in [0.25, 0.3) is 11.0 Å². The summed E-state index contributed by atoms with van der Waals surface area (Å²) < 4.78 is 21.8. The molecule has 2 heterocycles. The molecular weight excluding hydrogens is 303 g/mol. The van der Waals surface area contributed by atoms with E-state index in [1.165, 1.54) is 6.07 Å². The zero-order valence-electron chi connectivity index (χ0n) is 13.8. The van der Waals surface area contributed by atoms with E-state index >= 15 is 0 Å². The van der Waals surface area contributed by atoms with E-state index in [1.807, 2.05) is 12.1 Å². The summed E-state index contributed by atoms with van der Waals surface area (Å²) in [5.74, 6) is 1.56. The van der Waals surface area contributed by atoms with Crippen LogP contribution in [0.5, 0.6) is 5.75 Å². The average molecular weight is 324 g/mol. The number of aromatic nitrogens is 2. The van der Waals surface area contributed by atoms with E-state index in [-0.39, 0.29) is 11.9 Å². The second-order valence-corrected chi connectivity index (χ2v) is 6.36. The Bertz CT molecular complexity index is 871. The van der Waals surface area contributed by atoms with Crippen molar-refractivity contribution in [2.45, 2.75) is 45.3 Å². The zero-order chi connectivity index (χ0) is 16.5. The van der Waals surface area contributed by atoms with Gasteiger partial charge in [0.2, 0.25) is 0 Å². The van der Waals surface area contributed by atoms with Crippen LogP contribution in [0.2, 0.25) is 0 Å². The molecule has 0 spiro atoms. The summed E-state index contributed by atoms with van der Waals surface area (Å²) in [7, 11) is 0. The van der Waals surface area contributed by atoms with Crippen molar-refractivity contribution in [1.82, 2.24) is 9.55 Å². The Morgan fingerprint density at radius 1 is 1.25 bits per heavy atom. The SMILES string of the molecule is CCCCn1c(C2CCc3cc(F)ccc3O2)nc2ccccc21. The van der Waals surface area contributed by atoms with E-state index in [1.54, 1.807) is 12.1 Å². The van der Waals surface area contributed by atoms with Gasteiger partial charge in [0.15, 0.2) is 11.9 Å². The van der Waals surface area contributed by atoms with Gasteiger partial charge in [0.1, 0.15) is 11.6 Å². The standard InChI is InChI=1S/C20H21FN2O/c1-2-3-12-23-17-7-5-4-6-16(17)22-20(23)19-10-8-14-13-15(21)9-11-18(14)24-19/h4-7,9,11,13,19H,2-3,8,10,12H2,1H3. The van der Waals surface area contributed by atoms with Crippen LogP contribution in [-0.4, -0.2) is 9.55 Å². The van der Waals surface area contributed by atoms with Gasteiger partial charge in [-0.2, -0.15) is 0 Å². The molecule has 0 radical (unpaired) electrons. The minimum atomic E-state index is -0.203. The zero-order valence-corrected chi connectivity index (χ0v) is 13.8. The molecule has 24 heavy (non-hydrogen) atoms. The molecule has 0 N–H and O–H groups in total. The van der Waals surface area contributed by atoms with Crippen molar-refractivity contribution >= 4 is 11.0 Å². The lowest BCUT2D eigenvalue weighted by atomic mass is 10.0. The minimum Gasteiger partial charge on any atom is -0.482 e. The highest BCUT2D eigenvalue weighted by Crippen LogP contribution is 2.36. The number of ether oxygens (including phenoxy) is 1. The average Bonchev–Trinajstić information content (AvgIpc) is 2.98. The molecule has 0 bridgehead atoms. The molecule has 0 saturated heterocycles. The fourth-order valence-electron chi connectivity index (χ4n) is 3.43. The Kier molecular flexibility index (Phi) is 3.97. The first-order valence-electron chi connectivity index (χ1n) is 8.66. The third kappa shape index (κ3) is 2.66. The number of aryl methyl sites for hydroxylation is 2. The Hall–Kier alpha value is -2.36.